The van der Waals surface area contributed by atoms with Gasteiger partial charge in [0.15, 0.2) is 0 Å². The summed E-state index contributed by atoms with van der Waals surface area (Å²) < 4.78 is 9.16. The highest BCUT2D eigenvalue weighted by atomic mass is 16.5. The van der Waals surface area contributed by atoms with Crippen LogP contribution in [0.3, 0.4) is 0 Å². The minimum absolute atomic E-state index is 0.351. The van der Waals surface area contributed by atoms with E-state index in [4.69, 9.17) is 15.8 Å². The van der Waals surface area contributed by atoms with Crippen molar-refractivity contribution in [3.63, 3.8) is 0 Å². The second-order valence-corrected chi connectivity index (χ2v) is 3.75. The predicted molar refractivity (Wildman–Crippen MR) is 59.9 cm³/mol. The van der Waals surface area contributed by atoms with Gasteiger partial charge >= 0.3 is 0 Å². The van der Waals surface area contributed by atoms with Crippen molar-refractivity contribution in [1.82, 2.24) is 0 Å². The van der Waals surface area contributed by atoms with Crippen LogP contribution in [0.15, 0.2) is 0 Å². The van der Waals surface area contributed by atoms with Gasteiger partial charge in [0.05, 0.1) is 6.07 Å². The molecule has 0 spiro atoms. The van der Waals surface area contributed by atoms with Crippen LogP contribution in [0.25, 0.3) is 0 Å². The van der Waals surface area contributed by atoms with Crippen LogP contribution >= 0.6 is 0 Å². The van der Waals surface area contributed by atoms with E-state index in [-0.39, 0.29) is 0 Å². The molecule has 0 N–H and O–H groups in total. The zero-order valence-electron chi connectivity index (χ0n) is 9.89. The van der Waals surface area contributed by atoms with Crippen molar-refractivity contribution in [1.29, 1.82) is 15.8 Å². The third-order valence-corrected chi connectivity index (χ3v) is 2.48. The van der Waals surface area contributed by atoms with Gasteiger partial charge in [-0.1, -0.05) is 0 Å². The van der Waals surface area contributed by atoms with Gasteiger partial charge < -0.3 is 9.47 Å². The van der Waals surface area contributed by atoms with E-state index < -0.39 is 0 Å². The molecule has 0 aromatic rings. The lowest BCUT2D eigenvalue weighted by atomic mass is 9.94. The SMILES string of the molecule is N#CCC(CCCCOC#N)CCCOC#N. The maximum atomic E-state index is 8.68. The Morgan fingerprint density at radius 3 is 2.00 bits per heavy atom. The molecule has 0 aromatic heterocycles. The molecule has 0 aliphatic rings. The Labute approximate surface area is 102 Å². The Morgan fingerprint density at radius 2 is 1.41 bits per heavy atom. The van der Waals surface area contributed by atoms with Gasteiger partial charge in [0.25, 0.3) is 12.5 Å². The van der Waals surface area contributed by atoms with Crippen LogP contribution in [-0.4, -0.2) is 13.2 Å². The Kier molecular flexibility index (Phi) is 10.8. The number of nitriles is 3. The van der Waals surface area contributed by atoms with E-state index in [2.05, 4.69) is 15.5 Å². The van der Waals surface area contributed by atoms with Crippen LogP contribution in [0, 0.1) is 40.3 Å². The van der Waals surface area contributed by atoms with Crippen LogP contribution in [0.4, 0.5) is 0 Å². The molecule has 0 aromatic carbocycles. The normalized spacial score (nSPS) is 10.6. The van der Waals surface area contributed by atoms with Crippen LogP contribution in [0.1, 0.15) is 38.5 Å². The summed E-state index contributed by atoms with van der Waals surface area (Å²) in [6.45, 7) is 0.878. The molecular formula is C12H17N3O2. The zero-order valence-corrected chi connectivity index (χ0v) is 9.89. The third-order valence-electron chi connectivity index (χ3n) is 2.48. The molecule has 0 aliphatic carbocycles. The number of rotatable bonds is 10. The second kappa shape index (κ2) is 12.1. The molecule has 17 heavy (non-hydrogen) atoms. The summed E-state index contributed by atoms with van der Waals surface area (Å²) >= 11 is 0. The van der Waals surface area contributed by atoms with Crippen molar-refractivity contribution in [2.45, 2.75) is 38.5 Å². The molecule has 5 heteroatoms. The quantitative estimate of drug-likeness (QED) is 0.428. The molecule has 1 atom stereocenters. The Hall–Kier alpha value is -1.93. The monoisotopic (exact) mass is 235 g/mol. The van der Waals surface area contributed by atoms with Gasteiger partial charge in [-0.05, 0) is 38.0 Å². The van der Waals surface area contributed by atoms with Crippen molar-refractivity contribution in [2.75, 3.05) is 13.2 Å². The van der Waals surface area contributed by atoms with Gasteiger partial charge in [-0.2, -0.15) is 15.8 Å². The largest absolute Gasteiger partial charge is 0.428 e. The van der Waals surface area contributed by atoms with Crippen molar-refractivity contribution in [2.24, 2.45) is 5.92 Å². The van der Waals surface area contributed by atoms with Gasteiger partial charge in [0.2, 0.25) is 0 Å². The lowest BCUT2D eigenvalue weighted by molar-refractivity contribution is 0.241. The number of hydrogen-bond acceptors (Lipinski definition) is 5. The fourth-order valence-corrected chi connectivity index (χ4v) is 1.62. The van der Waals surface area contributed by atoms with E-state index in [1.165, 1.54) is 0 Å². The average molecular weight is 235 g/mol. The smallest absolute Gasteiger partial charge is 0.286 e. The molecule has 0 aliphatic heterocycles. The first-order valence-electron chi connectivity index (χ1n) is 5.73. The predicted octanol–water partition coefficient (Wildman–Crippen LogP) is 2.46. The molecule has 0 saturated carbocycles. The summed E-state index contributed by atoms with van der Waals surface area (Å²) in [4.78, 5) is 0. The van der Waals surface area contributed by atoms with Crippen LogP contribution in [0.2, 0.25) is 0 Å². The maximum Gasteiger partial charge on any atom is 0.286 e. The summed E-state index contributed by atoms with van der Waals surface area (Å²) in [6, 6.07) is 2.17. The van der Waals surface area contributed by atoms with Gasteiger partial charge in [-0.3, -0.25) is 0 Å². The molecule has 0 radical (unpaired) electrons. The van der Waals surface area contributed by atoms with Crippen molar-refractivity contribution in [3.8, 4) is 18.6 Å². The summed E-state index contributed by atoms with van der Waals surface area (Å²) in [5.41, 5.74) is 0. The van der Waals surface area contributed by atoms with Crippen LogP contribution in [0.5, 0.6) is 0 Å². The van der Waals surface area contributed by atoms with E-state index in [0.29, 0.717) is 25.6 Å². The van der Waals surface area contributed by atoms with E-state index in [1.807, 2.05) is 0 Å². The minimum Gasteiger partial charge on any atom is -0.428 e. The number of ether oxygens (including phenoxy) is 2. The molecule has 1 unspecified atom stereocenters. The van der Waals surface area contributed by atoms with Crippen molar-refractivity contribution < 1.29 is 9.47 Å². The van der Waals surface area contributed by atoms with Gasteiger partial charge in [-0.25, -0.2) is 0 Å². The fraction of sp³-hybridized carbons (Fsp3) is 0.750. The van der Waals surface area contributed by atoms with Gasteiger partial charge in [0.1, 0.15) is 13.2 Å². The minimum atomic E-state index is 0.351. The van der Waals surface area contributed by atoms with E-state index in [1.54, 1.807) is 12.5 Å². The molecule has 0 heterocycles. The Morgan fingerprint density at radius 1 is 0.824 bits per heavy atom. The summed E-state index contributed by atoms with van der Waals surface area (Å²) in [6.07, 6.45) is 8.23. The van der Waals surface area contributed by atoms with E-state index in [9.17, 15) is 0 Å². The number of hydrogen-bond donors (Lipinski definition) is 0. The topological polar surface area (TPSA) is 89.8 Å². The van der Waals surface area contributed by atoms with Gasteiger partial charge in [-0.15, -0.1) is 0 Å². The lowest BCUT2D eigenvalue weighted by Crippen LogP contribution is -2.02. The van der Waals surface area contributed by atoms with E-state index >= 15 is 0 Å². The van der Waals surface area contributed by atoms with Crippen LogP contribution in [-0.2, 0) is 9.47 Å². The highest BCUT2D eigenvalue weighted by molar-refractivity contribution is 4.76. The maximum absolute atomic E-state index is 8.68. The molecule has 0 rings (SSSR count). The first kappa shape index (κ1) is 15.1. The third kappa shape index (κ3) is 10.4. The number of unbranched alkanes of at least 4 members (excludes halogenated alkanes) is 1. The molecule has 0 saturated heterocycles. The van der Waals surface area contributed by atoms with Crippen LogP contribution < -0.4 is 0 Å². The first-order chi connectivity index (χ1) is 8.35. The van der Waals surface area contributed by atoms with E-state index in [0.717, 1.165) is 32.1 Å². The van der Waals surface area contributed by atoms with Crippen molar-refractivity contribution in [3.05, 3.63) is 0 Å². The fourth-order valence-electron chi connectivity index (χ4n) is 1.62. The zero-order chi connectivity index (χ0) is 12.8. The number of nitrogens with zero attached hydrogens (tertiary/aromatic N) is 3. The molecule has 5 nitrogen and oxygen atoms in total. The first-order valence-corrected chi connectivity index (χ1v) is 5.73. The second-order valence-electron chi connectivity index (χ2n) is 3.75. The Bertz CT molecular complexity index is 298. The van der Waals surface area contributed by atoms with Crippen molar-refractivity contribution >= 4 is 0 Å². The highest BCUT2D eigenvalue weighted by Crippen LogP contribution is 2.18. The lowest BCUT2D eigenvalue weighted by Gasteiger charge is -2.12. The summed E-state index contributed by atoms with van der Waals surface area (Å²) in [7, 11) is 0. The molecule has 0 amide bonds. The molecule has 92 valence electrons. The Balaban J connectivity index is 3.58. The summed E-state index contributed by atoms with van der Waals surface area (Å²) in [5.74, 6) is 0.351. The van der Waals surface area contributed by atoms with Gasteiger partial charge in [0, 0.05) is 6.42 Å². The summed E-state index contributed by atoms with van der Waals surface area (Å²) in [5, 5.41) is 25.0. The molecule has 0 fully saturated rings. The highest BCUT2D eigenvalue weighted by Gasteiger charge is 2.08. The average Bonchev–Trinajstić information content (AvgIpc) is 2.34. The molecular weight excluding hydrogens is 218 g/mol. The standard InChI is InChI=1S/C12H17N3O2/c13-7-6-12(5-3-9-17-11-15)4-1-2-8-16-10-14/h12H,1-6,8-9H2. The molecule has 0 bridgehead atoms.